The first-order valence-corrected chi connectivity index (χ1v) is 9.85. The van der Waals surface area contributed by atoms with E-state index in [0.717, 1.165) is 0 Å². The van der Waals surface area contributed by atoms with Crippen molar-refractivity contribution in [1.29, 1.82) is 0 Å². The number of ether oxygens (including phenoxy) is 3. The molecule has 31 heavy (non-hydrogen) atoms. The van der Waals surface area contributed by atoms with Crippen LogP contribution in [0.25, 0.3) is 11.0 Å². The number of benzene rings is 2. The van der Waals surface area contributed by atoms with E-state index >= 15 is 0 Å². The van der Waals surface area contributed by atoms with E-state index in [-0.39, 0.29) is 36.2 Å². The van der Waals surface area contributed by atoms with Gasteiger partial charge < -0.3 is 18.6 Å². The number of nitrogens with one attached hydrogen (secondary N) is 1. The molecule has 162 valence electrons. The molecule has 0 saturated carbocycles. The van der Waals surface area contributed by atoms with Crippen molar-refractivity contribution in [1.82, 2.24) is 0 Å². The van der Waals surface area contributed by atoms with Gasteiger partial charge in [0.2, 0.25) is 0 Å². The molecular formula is C21H17Cl2NO7. The fourth-order valence-electron chi connectivity index (χ4n) is 2.64. The van der Waals surface area contributed by atoms with Crippen LogP contribution in [-0.2, 0) is 20.9 Å². The molecule has 1 amide bonds. The van der Waals surface area contributed by atoms with Crippen LogP contribution in [0.4, 0.5) is 10.5 Å². The smallest absolute Gasteiger partial charge is 0.411 e. The normalized spacial score (nSPS) is 10.5. The Hall–Kier alpha value is -3.23. The molecule has 3 rings (SSSR count). The van der Waals surface area contributed by atoms with Gasteiger partial charge in [0.25, 0.3) is 0 Å². The predicted molar refractivity (Wildman–Crippen MR) is 115 cm³/mol. The number of carbonyl (C=O) groups is 2. The topological polar surface area (TPSA) is 104 Å². The van der Waals surface area contributed by atoms with Crippen LogP contribution in [0.5, 0.6) is 5.75 Å². The van der Waals surface area contributed by atoms with Crippen molar-refractivity contribution in [2.45, 2.75) is 13.5 Å². The highest BCUT2D eigenvalue weighted by Crippen LogP contribution is 2.27. The number of fused-ring (bicyclic) bond motifs is 1. The van der Waals surface area contributed by atoms with Crippen LogP contribution in [0.15, 0.2) is 51.7 Å². The van der Waals surface area contributed by atoms with Gasteiger partial charge in [-0.25, -0.2) is 14.4 Å². The summed E-state index contributed by atoms with van der Waals surface area (Å²) in [5.74, 6) is -0.372. The van der Waals surface area contributed by atoms with Gasteiger partial charge in [0, 0.05) is 33.8 Å². The number of hydrogen-bond acceptors (Lipinski definition) is 7. The number of rotatable bonds is 7. The predicted octanol–water partition coefficient (Wildman–Crippen LogP) is 4.79. The second-order valence-corrected chi connectivity index (χ2v) is 7.01. The van der Waals surface area contributed by atoms with Crippen LogP contribution < -0.4 is 15.7 Å². The van der Waals surface area contributed by atoms with Gasteiger partial charge in [-0.15, -0.1) is 0 Å². The molecule has 0 spiro atoms. The molecule has 0 aliphatic carbocycles. The van der Waals surface area contributed by atoms with Crippen LogP contribution in [0.1, 0.15) is 12.5 Å². The minimum atomic E-state index is -0.659. The Morgan fingerprint density at radius 3 is 2.61 bits per heavy atom. The summed E-state index contributed by atoms with van der Waals surface area (Å²) in [6, 6.07) is 10.5. The Labute approximate surface area is 186 Å². The molecule has 0 aliphatic heterocycles. The lowest BCUT2D eigenvalue weighted by Crippen LogP contribution is -2.15. The van der Waals surface area contributed by atoms with E-state index in [4.69, 9.17) is 41.8 Å². The first-order chi connectivity index (χ1) is 14.9. The average molecular weight is 466 g/mol. The lowest BCUT2D eigenvalue weighted by Gasteiger charge is -2.10. The summed E-state index contributed by atoms with van der Waals surface area (Å²) >= 11 is 11.8. The summed E-state index contributed by atoms with van der Waals surface area (Å²) in [5.41, 5.74) is 0.413. The summed E-state index contributed by atoms with van der Waals surface area (Å²) in [7, 11) is 0. The van der Waals surface area contributed by atoms with Crippen molar-refractivity contribution in [2.24, 2.45) is 0 Å². The monoisotopic (exact) mass is 465 g/mol. The first-order valence-electron chi connectivity index (χ1n) is 9.09. The molecule has 1 N–H and O–H groups in total. The molecule has 0 saturated heterocycles. The minimum Gasteiger partial charge on any atom is -0.480 e. The Morgan fingerprint density at radius 2 is 1.87 bits per heavy atom. The van der Waals surface area contributed by atoms with Crippen molar-refractivity contribution in [3.05, 3.63) is 68.5 Å². The van der Waals surface area contributed by atoms with Crippen LogP contribution in [0, 0.1) is 0 Å². The average Bonchev–Trinajstić information content (AvgIpc) is 2.71. The molecule has 0 aliphatic rings. The second kappa shape index (κ2) is 10.2. The number of carbonyl (C=O) groups excluding carboxylic acids is 2. The minimum absolute atomic E-state index is 0.177. The number of anilines is 1. The van der Waals surface area contributed by atoms with E-state index in [0.29, 0.717) is 21.7 Å². The van der Waals surface area contributed by atoms with Gasteiger partial charge in [-0.1, -0.05) is 23.2 Å². The third-order valence-electron chi connectivity index (χ3n) is 3.98. The van der Waals surface area contributed by atoms with Crippen molar-refractivity contribution in [2.75, 3.05) is 18.5 Å². The molecule has 0 bridgehead atoms. The van der Waals surface area contributed by atoms with Gasteiger partial charge in [0.05, 0.1) is 11.6 Å². The van der Waals surface area contributed by atoms with E-state index in [1.54, 1.807) is 25.1 Å². The van der Waals surface area contributed by atoms with E-state index in [2.05, 4.69) is 5.32 Å². The van der Waals surface area contributed by atoms with Gasteiger partial charge in [0.1, 0.15) is 17.9 Å². The largest absolute Gasteiger partial charge is 0.480 e. The zero-order chi connectivity index (χ0) is 22.4. The fourth-order valence-corrected chi connectivity index (χ4v) is 3.10. The zero-order valence-corrected chi connectivity index (χ0v) is 17.8. The SMILES string of the molecule is CCOC(=O)Nc1ccc2c(COC(=O)COc3ccc(Cl)cc3Cl)cc(=O)oc2c1. The molecule has 2 aromatic carbocycles. The highest BCUT2D eigenvalue weighted by atomic mass is 35.5. The van der Waals surface area contributed by atoms with E-state index in [9.17, 15) is 14.4 Å². The Bertz CT molecular complexity index is 1180. The van der Waals surface area contributed by atoms with E-state index in [1.807, 2.05) is 0 Å². The lowest BCUT2D eigenvalue weighted by molar-refractivity contribution is -0.147. The molecule has 3 aromatic rings. The van der Waals surface area contributed by atoms with Crippen molar-refractivity contribution >= 4 is 51.9 Å². The summed E-state index contributed by atoms with van der Waals surface area (Å²) in [5, 5.41) is 3.77. The number of esters is 1. The fraction of sp³-hybridized carbons (Fsp3) is 0.190. The van der Waals surface area contributed by atoms with Crippen LogP contribution in [0.2, 0.25) is 10.0 Å². The highest BCUT2D eigenvalue weighted by Gasteiger charge is 2.12. The maximum absolute atomic E-state index is 12.0. The summed E-state index contributed by atoms with van der Waals surface area (Å²) in [6.07, 6.45) is -0.630. The van der Waals surface area contributed by atoms with Gasteiger partial charge in [-0.05, 0) is 37.3 Å². The van der Waals surface area contributed by atoms with Gasteiger partial charge in [-0.2, -0.15) is 0 Å². The summed E-state index contributed by atoms with van der Waals surface area (Å²) < 4.78 is 20.5. The van der Waals surface area contributed by atoms with Crippen molar-refractivity contribution < 1.29 is 28.2 Å². The van der Waals surface area contributed by atoms with Crippen molar-refractivity contribution in [3.8, 4) is 5.75 Å². The standard InChI is InChI=1S/C21H17Cl2NO7/c1-2-28-21(27)24-14-4-5-15-12(7-19(25)31-18(15)9-14)10-30-20(26)11-29-17-6-3-13(22)8-16(17)23/h3-9H,2,10-11H2,1H3,(H,24,27). The molecule has 1 heterocycles. The van der Waals surface area contributed by atoms with E-state index < -0.39 is 17.7 Å². The lowest BCUT2D eigenvalue weighted by atomic mass is 10.1. The van der Waals surface area contributed by atoms with Crippen LogP contribution in [0.3, 0.4) is 0 Å². The summed E-state index contributed by atoms with van der Waals surface area (Å²) in [6.45, 7) is 1.34. The van der Waals surface area contributed by atoms with Crippen LogP contribution in [-0.4, -0.2) is 25.3 Å². The molecule has 8 nitrogen and oxygen atoms in total. The zero-order valence-electron chi connectivity index (χ0n) is 16.3. The summed E-state index contributed by atoms with van der Waals surface area (Å²) in [4.78, 5) is 35.5. The quantitative estimate of drug-likeness (QED) is 0.394. The Kier molecular flexibility index (Phi) is 7.38. The van der Waals surface area contributed by atoms with Crippen LogP contribution >= 0.6 is 23.2 Å². The van der Waals surface area contributed by atoms with Gasteiger partial charge in [0.15, 0.2) is 6.61 Å². The molecule has 0 radical (unpaired) electrons. The Morgan fingerprint density at radius 1 is 1.06 bits per heavy atom. The first kappa shape index (κ1) is 22.5. The highest BCUT2D eigenvalue weighted by molar-refractivity contribution is 6.35. The Balaban J connectivity index is 1.67. The van der Waals surface area contributed by atoms with Crippen molar-refractivity contribution in [3.63, 3.8) is 0 Å². The van der Waals surface area contributed by atoms with Gasteiger partial charge >= 0.3 is 17.7 Å². The van der Waals surface area contributed by atoms with Gasteiger partial charge in [-0.3, -0.25) is 5.32 Å². The van der Waals surface area contributed by atoms with E-state index in [1.165, 1.54) is 24.3 Å². The third kappa shape index (κ3) is 6.13. The number of halogens is 2. The molecule has 0 unspecified atom stereocenters. The number of hydrogen-bond donors (Lipinski definition) is 1. The molecule has 0 fully saturated rings. The number of amides is 1. The second-order valence-electron chi connectivity index (χ2n) is 6.17. The maximum atomic E-state index is 12.0. The molecule has 1 aromatic heterocycles. The maximum Gasteiger partial charge on any atom is 0.411 e. The molecular weight excluding hydrogens is 449 g/mol. The molecule has 0 atom stereocenters. The third-order valence-corrected chi connectivity index (χ3v) is 4.51. The molecule has 10 heteroatoms.